The topological polar surface area (TPSA) is 75.6 Å². The summed E-state index contributed by atoms with van der Waals surface area (Å²) in [6, 6.07) is 5.25. The number of halogens is 3. The summed E-state index contributed by atoms with van der Waals surface area (Å²) in [4.78, 5) is 21.4. The Labute approximate surface area is 106 Å². The summed E-state index contributed by atoms with van der Waals surface area (Å²) in [6.07, 6.45) is -6.54. The lowest BCUT2D eigenvalue weighted by molar-refractivity contribution is -0.178. The molecule has 0 unspecified atom stereocenters. The molecule has 0 saturated heterocycles. The molecule has 1 aromatic rings. The van der Waals surface area contributed by atoms with Crippen LogP contribution in [0, 0.1) is 0 Å². The molecule has 1 aromatic carbocycles. The zero-order valence-electron chi connectivity index (χ0n) is 9.48. The number of carboxylic acid groups (broad SMARTS) is 1. The van der Waals surface area contributed by atoms with E-state index in [0.717, 1.165) is 0 Å². The van der Waals surface area contributed by atoms with Gasteiger partial charge in [-0.25, -0.2) is 9.59 Å². The molecule has 2 N–H and O–H groups in total. The average molecular weight is 277 g/mol. The number of rotatable bonds is 4. The van der Waals surface area contributed by atoms with Crippen LogP contribution in [0.5, 0.6) is 0 Å². The van der Waals surface area contributed by atoms with Gasteiger partial charge >= 0.3 is 18.2 Å². The molecule has 0 aliphatic rings. The van der Waals surface area contributed by atoms with Crippen molar-refractivity contribution in [3.8, 4) is 0 Å². The number of nitrogens with one attached hydrogen (secondary N) is 1. The highest BCUT2D eigenvalue weighted by Crippen LogP contribution is 2.20. The van der Waals surface area contributed by atoms with Crippen LogP contribution in [0.25, 0.3) is 0 Å². The lowest BCUT2D eigenvalue weighted by atomic mass is 10.2. The van der Waals surface area contributed by atoms with Crippen LogP contribution in [0.2, 0.25) is 0 Å². The van der Waals surface area contributed by atoms with Crippen LogP contribution >= 0.6 is 0 Å². The number of ether oxygens (including phenoxy) is 1. The molecule has 1 rings (SSSR count). The standard InChI is InChI=1S/C11H10F3NO4/c12-11(13,14)8(9(16)17)15-10(18)19-6-7-4-2-1-3-5-7/h1-5,8H,6H2,(H,15,18)(H,16,17)/t8-/m0/s1. The Morgan fingerprint density at radius 2 is 1.84 bits per heavy atom. The van der Waals surface area contributed by atoms with Gasteiger partial charge in [-0.05, 0) is 5.56 Å². The van der Waals surface area contributed by atoms with Crippen molar-refractivity contribution in [2.45, 2.75) is 18.8 Å². The van der Waals surface area contributed by atoms with Gasteiger partial charge in [0.25, 0.3) is 0 Å². The molecule has 104 valence electrons. The van der Waals surface area contributed by atoms with Crippen LogP contribution in [0.4, 0.5) is 18.0 Å². The maximum atomic E-state index is 12.2. The summed E-state index contributed by atoms with van der Waals surface area (Å²) in [7, 11) is 0. The van der Waals surface area contributed by atoms with Gasteiger partial charge in [-0.2, -0.15) is 13.2 Å². The van der Waals surface area contributed by atoms with E-state index in [1.165, 1.54) is 5.32 Å². The molecule has 1 atom stereocenters. The lowest BCUT2D eigenvalue weighted by Crippen LogP contribution is -2.50. The van der Waals surface area contributed by atoms with Crippen molar-refractivity contribution in [2.24, 2.45) is 0 Å². The maximum absolute atomic E-state index is 12.2. The maximum Gasteiger partial charge on any atom is 0.419 e. The van der Waals surface area contributed by atoms with E-state index < -0.39 is 24.3 Å². The summed E-state index contributed by atoms with van der Waals surface area (Å²) >= 11 is 0. The smallest absolute Gasteiger partial charge is 0.419 e. The molecule has 0 aliphatic carbocycles. The van der Waals surface area contributed by atoms with E-state index in [9.17, 15) is 22.8 Å². The van der Waals surface area contributed by atoms with Gasteiger partial charge in [-0.1, -0.05) is 30.3 Å². The highest BCUT2D eigenvalue weighted by atomic mass is 19.4. The fourth-order valence-electron chi connectivity index (χ4n) is 1.17. The molecule has 19 heavy (non-hydrogen) atoms. The van der Waals surface area contributed by atoms with Crippen LogP contribution in [0.15, 0.2) is 30.3 Å². The Morgan fingerprint density at radius 3 is 2.32 bits per heavy atom. The fourth-order valence-corrected chi connectivity index (χ4v) is 1.17. The first kappa shape index (κ1) is 14.8. The molecule has 8 heteroatoms. The number of alkyl carbamates (subject to hydrolysis) is 1. The van der Waals surface area contributed by atoms with Crippen molar-refractivity contribution in [2.75, 3.05) is 0 Å². The molecular weight excluding hydrogens is 267 g/mol. The number of carbonyl (C=O) groups excluding carboxylic acids is 1. The first-order valence-corrected chi connectivity index (χ1v) is 5.07. The molecule has 1 amide bonds. The minimum absolute atomic E-state index is 0.253. The second-order valence-electron chi connectivity index (χ2n) is 3.52. The number of hydrogen-bond donors (Lipinski definition) is 2. The normalized spacial score (nSPS) is 12.6. The predicted molar refractivity (Wildman–Crippen MR) is 57.2 cm³/mol. The largest absolute Gasteiger partial charge is 0.479 e. The number of alkyl halides is 3. The summed E-state index contributed by atoms with van der Waals surface area (Å²) < 4.78 is 41.2. The second-order valence-corrected chi connectivity index (χ2v) is 3.52. The van der Waals surface area contributed by atoms with E-state index in [-0.39, 0.29) is 6.61 Å². The minimum Gasteiger partial charge on any atom is -0.479 e. The van der Waals surface area contributed by atoms with Crippen LogP contribution in [0.3, 0.4) is 0 Å². The summed E-state index contributed by atoms with van der Waals surface area (Å²) in [5.74, 6) is -2.20. The van der Waals surface area contributed by atoms with Crippen molar-refractivity contribution in [1.29, 1.82) is 0 Å². The third-order valence-corrected chi connectivity index (χ3v) is 2.05. The third kappa shape index (κ3) is 4.86. The molecule has 0 fully saturated rings. The summed E-state index contributed by atoms with van der Waals surface area (Å²) in [5, 5.41) is 9.59. The molecule has 0 aliphatic heterocycles. The Balaban J connectivity index is 2.52. The minimum atomic E-state index is -5.09. The number of carboxylic acids is 1. The van der Waals surface area contributed by atoms with E-state index in [1.54, 1.807) is 30.3 Å². The van der Waals surface area contributed by atoms with Gasteiger partial charge in [-0.3, -0.25) is 5.32 Å². The van der Waals surface area contributed by atoms with Crippen molar-refractivity contribution in [1.82, 2.24) is 5.32 Å². The van der Waals surface area contributed by atoms with Crippen molar-refractivity contribution >= 4 is 12.1 Å². The highest BCUT2D eigenvalue weighted by Gasteiger charge is 2.46. The molecule has 0 spiro atoms. The third-order valence-electron chi connectivity index (χ3n) is 2.05. The molecular formula is C11H10F3NO4. The fraction of sp³-hybridized carbons (Fsp3) is 0.273. The van der Waals surface area contributed by atoms with Gasteiger partial charge < -0.3 is 9.84 Å². The molecule has 5 nitrogen and oxygen atoms in total. The van der Waals surface area contributed by atoms with Crippen LogP contribution in [-0.2, 0) is 16.1 Å². The van der Waals surface area contributed by atoms with Crippen molar-refractivity contribution in [3.05, 3.63) is 35.9 Å². The molecule has 0 saturated carbocycles. The predicted octanol–water partition coefficient (Wildman–Crippen LogP) is 1.93. The van der Waals surface area contributed by atoms with Gasteiger partial charge in [0.05, 0.1) is 0 Å². The van der Waals surface area contributed by atoms with Gasteiger partial charge in [-0.15, -0.1) is 0 Å². The van der Waals surface area contributed by atoms with Crippen LogP contribution in [-0.4, -0.2) is 29.4 Å². The number of carbonyl (C=O) groups is 2. The quantitative estimate of drug-likeness (QED) is 0.881. The van der Waals surface area contributed by atoms with Crippen molar-refractivity contribution in [3.63, 3.8) is 0 Å². The van der Waals surface area contributed by atoms with E-state index in [1.807, 2.05) is 0 Å². The van der Waals surface area contributed by atoms with E-state index in [4.69, 9.17) is 5.11 Å². The number of aliphatic carboxylic acids is 1. The number of benzene rings is 1. The Kier molecular flexibility index (Phi) is 4.74. The zero-order chi connectivity index (χ0) is 14.5. The molecule has 0 aromatic heterocycles. The molecule has 0 radical (unpaired) electrons. The first-order valence-electron chi connectivity index (χ1n) is 5.07. The van der Waals surface area contributed by atoms with Gasteiger partial charge in [0.1, 0.15) is 6.61 Å². The second kappa shape index (κ2) is 6.07. The molecule has 0 heterocycles. The lowest BCUT2D eigenvalue weighted by Gasteiger charge is -2.17. The number of amides is 1. The first-order chi connectivity index (χ1) is 8.80. The SMILES string of the molecule is O=C(N[C@@H](C(=O)O)C(F)(F)F)OCc1ccccc1. The van der Waals surface area contributed by atoms with Gasteiger partial charge in [0.2, 0.25) is 6.04 Å². The Hall–Kier alpha value is -2.25. The average Bonchev–Trinajstić information content (AvgIpc) is 2.33. The van der Waals surface area contributed by atoms with Gasteiger partial charge in [0.15, 0.2) is 0 Å². The van der Waals surface area contributed by atoms with E-state index >= 15 is 0 Å². The van der Waals surface area contributed by atoms with Crippen LogP contribution < -0.4 is 5.32 Å². The summed E-state index contributed by atoms with van der Waals surface area (Å²) in [5.41, 5.74) is 0.566. The van der Waals surface area contributed by atoms with E-state index in [2.05, 4.69) is 4.74 Å². The van der Waals surface area contributed by atoms with Gasteiger partial charge in [0, 0.05) is 0 Å². The monoisotopic (exact) mass is 277 g/mol. The summed E-state index contributed by atoms with van der Waals surface area (Å²) in [6.45, 7) is -0.253. The zero-order valence-corrected chi connectivity index (χ0v) is 9.48. The number of hydrogen-bond acceptors (Lipinski definition) is 3. The van der Waals surface area contributed by atoms with Crippen molar-refractivity contribution < 1.29 is 32.6 Å². The molecule has 0 bridgehead atoms. The van der Waals surface area contributed by atoms with Crippen LogP contribution in [0.1, 0.15) is 5.56 Å². The highest BCUT2D eigenvalue weighted by molar-refractivity contribution is 5.80. The Bertz CT molecular complexity index is 447. The Morgan fingerprint density at radius 1 is 1.26 bits per heavy atom. The van der Waals surface area contributed by atoms with E-state index in [0.29, 0.717) is 5.56 Å².